The molecule has 1 heterocycles. The van der Waals surface area contributed by atoms with Crippen LogP contribution in [0.15, 0.2) is 65.7 Å². The van der Waals surface area contributed by atoms with Crippen molar-refractivity contribution in [3.05, 3.63) is 81.3 Å². The predicted octanol–water partition coefficient (Wildman–Crippen LogP) is 6.15. The zero-order valence-electron chi connectivity index (χ0n) is 13.7. The van der Waals surface area contributed by atoms with E-state index in [0.717, 1.165) is 0 Å². The van der Waals surface area contributed by atoms with Gasteiger partial charge in [0.05, 0.1) is 27.1 Å². The second-order valence-electron chi connectivity index (χ2n) is 5.85. The molecule has 4 rings (SSSR count). The van der Waals surface area contributed by atoms with E-state index >= 15 is 0 Å². The van der Waals surface area contributed by atoms with Crippen molar-refractivity contribution < 1.29 is 9.90 Å². The van der Waals surface area contributed by atoms with E-state index in [0.29, 0.717) is 37.7 Å². The summed E-state index contributed by atoms with van der Waals surface area (Å²) in [5, 5.41) is 11.4. The molecule has 134 valence electrons. The molecule has 3 aromatic rings. The molecule has 0 aromatic heterocycles. The van der Waals surface area contributed by atoms with Crippen LogP contribution in [0, 0.1) is 0 Å². The lowest BCUT2D eigenvalue weighted by Gasteiger charge is -2.18. The van der Waals surface area contributed by atoms with Crippen LogP contribution in [0.1, 0.15) is 5.56 Å². The zero-order chi connectivity index (χ0) is 19.1. The number of amides is 1. The van der Waals surface area contributed by atoms with E-state index in [1.54, 1.807) is 54.6 Å². The highest BCUT2D eigenvalue weighted by Gasteiger charge is 2.36. The van der Waals surface area contributed by atoms with Crippen molar-refractivity contribution >= 4 is 63.5 Å². The largest absolute Gasteiger partial charge is 0.506 e. The molecular weight excluding hydrogens is 407 g/mol. The minimum atomic E-state index is -0.375. The van der Waals surface area contributed by atoms with Crippen LogP contribution in [0.25, 0.3) is 0 Å². The number of carbonyl (C=O) groups excluding carboxylic acids is 1. The van der Waals surface area contributed by atoms with Crippen LogP contribution < -0.4 is 4.90 Å². The lowest BCUT2D eigenvalue weighted by atomic mass is 10.1. The topological polar surface area (TPSA) is 52.9 Å². The summed E-state index contributed by atoms with van der Waals surface area (Å²) >= 11 is 18.1. The molecule has 3 aromatic carbocycles. The van der Waals surface area contributed by atoms with E-state index < -0.39 is 0 Å². The molecule has 0 saturated carbocycles. The number of anilines is 2. The summed E-state index contributed by atoms with van der Waals surface area (Å²) in [6.07, 6.45) is 0. The Balaban J connectivity index is 1.90. The summed E-state index contributed by atoms with van der Waals surface area (Å²) in [4.78, 5) is 19.0. The first-order chi connectivity index (χ1) is 13.0. The summed E-state index contributed by atoms with van der Waals surface area (Å²) < 4.78 is 0. The smallest absolute Gasteiger partial charge is 0.282 e. The quantitative estimate of drug-likeness (QED) is 0.543. The Morgan fingerprint density at radius 2 is 1.63 bits per heavy atom. The monoisotopic (exact) mass is 416 g/mol. The van der Waals surface area contributed by atoms with E-state index in [-0.39, 0.29) is 17.4 Å². The van der Waals surface area contributed by atoms with Gasteiger partial charge in [-0.15, -0.1) is 0 Å². The van der Waals surface area contributed by atoms with Crippen molar-refractivity contribution in [2.45, 2.75) is 0 Å². The lowest BCUT2D eigenvalue weighted by Crippen LogP contribution is -2.25. The summed E-state index contributed by atoms with van der Waals surface area (Å²) in [6, 6.07) is 16.5. The molecule has 0 saturated heterocycles. The van der Waals surface area contributed by atoms with Gasteiger partial charge >= 0.3 is 0 Å². The van der Waals surface area contributed by atoms with Crippen molar-refractivity contribution in [3.63, 3.8) is 0 Å². The van der Waals surface area contributed by atoms with Gasteiger partial charge in [-0.2, -0.15) is 0 Å². The number of fused-ring (bicyclic) bond motifs is 1. The van der Waals surface area contributed by atoms with Crippen molar-refractivity contribution in [3.8, 4) is 5.75 Å². The minimum absolute atomic E-state index is 0.0115. The maximum absolute atomic E-state index is 13.2. The fourth-order valence-corrected chi connectivity index (χ4v) is 3.37. The Kier molecular flexibility index (Phi) is 4.56. The third-order valence-corrected chi connectivity index (χ3v) is 5.10. The molecule has 1 aliphatic heterocycles. The van der Waals surface area contributed by atoms with Gasteiger partial charge in [-0.25, -0.2) is 4.99 Å². The number of benzene rings is 3. The normalized spacial score (nSPS) is 14.7. The first-order valence-electron chi connectivity index (χ1n) is 7.92. The highest BCUT2D eigenvalue weighted by Crippen LogP contribution is 2.41. The molecule has 0 bridgehead atoms. The van der Waals surface area contributed by atoms with Gasteiger partial charge in [0.15, 0.2) is 0 Å². The number of phenols is 1. The van der Waals surface area contributed by atoms with Gasteiger partial charge in [-0.3, -0.25) is 9.69 Å². The van der Waals surface area contributed by atoms with Gasteiger partial charge in [-0.05, 0) is 48.5 Å². The first-order valence-corrected chi connectivity index (χ1v) is 9.05. The zero-order valence-corrected chi connectivity index (χ0v) is 15.9. The third-order valence-electron chi connectivity index (χ3n) is 4.13. The van der Waals surface area contributed by atoms with Crippen LogP contribution in [-0.2, 0) is 4.79 Å². The second-order valence-corrected chi connectivity index (χ2v) is 7.10. The molecule has 1 aliphatic rings. The van der Waals surface area contributed by atoms with Crippen LogP contribution in [0.5, 0.6) is 5.75 Å². The van der Waals surface area contributed by atoms with E-state index in [9.17, 15) is 9.90 Å². The number of hydrogen-bond acceptors (Lipinski definition) is 3. The van der Waals surface area contributed by atoms with Crippen molar-refractivity contribution in [2.75, 3.05) is 4.90 Å². The number of rotatable bonds is 2. The molecule has 0 aliphatic carbocycles. The molecule has 4 nitrogen and oxygen atoms in total. The molecule has 0 spiro atoms. The van der Waals surface area contributed by atoms with Gasteiger partial charge in [0.1, 0.15) is 11.5 Å². The van der Waals surface area contributed by atoms with E-state index in [2.05, 4.69) is 4.99 Å². The summed E-state index contributed by atoms with van der Waals surface area (Å²) in [6.45, 7) is 0. The highest BCUT2D eigenvalue weighted by atomic mass is 35.5. The van der Waals surface area contributed by atoms with E-state index in [1.165, 1.54) is 11.0 Å². The van der Waals surface area contributed by atoms with Gasteiger partial charge in [0, 0.05) is 10.6 Å². The van der Waals surface area contributed by atoms with Gasteiger partial charge in [0.25, 0.3) is 5.91 Å². The second kappa shape index (κ2) is 6.89. The maximum atomic E-state index is 13.2. The fraction of sp³-hybridized carbons (Fsp3) is 0. The average molecular weight is 418 g/mol. The standard InChI is InChI=1S/C20H11Cl3N2O2/c21-11-5-8-16-13(9-11)19(24-12-6-7-14(22)15(23)10-12)20(27)25(16)17-3-1-2-4-18(17)26/h1-10,26H. The molecule has 0 radical (unpaired) electrons. The number of aromatic hydroxyl groups is 1. The maximum Gasteiger partial charge on any atom is 0.282 e. The lowest BCUT2D eigenvalue weighted by molar-refractivity contribution is -0.111. The van der Waals surface area contributed by atoms with Gasteiger partial charge in [0.2, 0.25) is 0 Å². The molecule has 7 heteroatoms. The number of para-hydroxylation sites is 2. The number of carbonyl (C=O) groups is 1. The van der Waals surface area contributed by atoms with Gasteiger partial charge < -0.3 is 5.11 Å². The SMILES string of the molecule is O=C1C(=Nc2ccc(Cl)c(Cl)c2)c2cc(Cl)ccc2N1c1ccccc1O. The number of aliphatic imine (C=N–C) groups is 1. The number of nitrogens with zero attached hydrogens (tertiary/aromatic N) is 2. The molecule has 1 amide bonds. The highest BCUT2D eigenvalue weighted by molar-refractivity contribution is 6.56. The summed E-state index contributed by atoms with van der Waals surface area (Å²) in [5.41, 5.74) is 2.21. The molecule has 27 heavy (non-hydrogen) atoms. The Labute approximate surface area is 170 Å². The Morgan fingerprint density at radius 3 is 2.37 bits per heavy atom. The Morgan fingerprint density at radius 1 is 0.852 bits per heavy atom. The number of halogens is 3. The van der Waals surface area contributed by atoms with Crippen molar-refractivity contribution in [1.29, 1.82) is 0 Å². The number of hydrogen-bond donors (Lipinski definition) is 1. The fourth-order valence-electron chi connectivity index (χ4n) is 2.91. The van der Waals surface area contributed by atoms with Crippen molar-refractivity contribution in [2.24, 2.45) is 4.99 Å². The predicted molar refractivity (Wildman–Crippen MR) is 109 cm³/mol. The Bertz CT molecular complexity index is 1110. The first kappa shape index (κ1) is 17.9. The molecule has 0 fully saturated rings. The van der Waals surface area contributed by atoms with Crippen LogP contribution >= 0.6 is 34.8 Å². The third kappa shape index (κ3) is 3.16. The average Bonchev–Trinajstić information content (AvgIpc) is 2.90. The molecule has 0 unspecified atom stereocenters. The Hall–Kier alpha value is -2.53. The van der Waals surface area contributed by atoms with E-state index in [4.69, 9.17) is 34.8 Å². The van der Waals surface area contributed by atoms with Crippen LogP contribution in [-0.4, -0.2) is 16.7 Å². The summed E-state index contributed by atoms with van der Waals surface area (Å²) in [5.74, 6) is -0.387. The van der Waals surface area contributed by atoms with Crippen LogP contribution in [0.4, 0.5) is 17.1 Å². The summed E-state index contributed by atoms with van der Waals surface area (Å²) in [7, 11) is 0. The number of phenolic OH excluding ortho intramolecular Hbond substituents is 1. The van der Waals surface area contributed by atoms with Gasteiger partial charge in [-0.1, -0.05) is 46.9 Å². The van der Waals surface area contributed by atoms with Crippen LogP contribution in [0.2, 0.25) is 15.1 Å². The molecule has 1 N–H and O–H groups in total. The minimum Gasteiger partial charge on any atom is -0.506 e. The molecule has 0 atom stereocenters. The molecular formula is C20H11Cl3N2O2. The van der Waals surface area contributed by atoms with Crippen LogP contribution in [0.3, 0.4) is 0 Å². The van der Waals surface area contributed by atoms with Crippen molar-refractivity contribution in [1.82, 2.24) is 0 Å². The van der Waals surface area contributed by atoms with E-state index in [1.807, 2.05) is 0 Å².